The molecule has 1 aromatic rings. The number of likely N-dealkylation sites (tertiary alicyclic amines) is 1. The summed E-state index contributed by atoms with van der Waals surface area (Å²) in [4.78, 5) is 14.6. The predicted molar refractivity (Wildman–Crippen MR) is 82.7 cm³/mol. The molecular formula is C18H22FNO3. The Labute approximate surface area is 135 Å². The van der Waals surface area contributed by atoms with E-state index in [9.17, 15) is 9.18 Å². The van der Waals surface area contributed by atoms with Crippen molar-refractivity contribution in [2.75, 3.05) is 19.8 Å². The molecule has 4 rings (SSSR count). The molecule has 1 saturated carbocycles. The van der Waals surface area contributed by atoms with Crippen LogP contribution in [0.1, 0.15) is 36.0 Å². The highest BCUT2D eigenvalue weighted by atomic mass is 19.1. The monoisotopic (exact) mass is 319 g/mol. The van der Waals surface area contributed by atoms with Crippen molar-refractivity contribution in [2.45, 2.75) is 43.9 Å². The Morgan fingerprint density at radius 2 is 2.22 bits per heavy atom. The Balaban J connectivity index is 1.51. The van der Waals surface area contributed by atoms with E-state index in [1.54, 1.807) is 12.1 Å². The summed E-state index contributed by atoms with van der Waals surface area (Å²) in [6.07, 6.45) is 4.26. The molecule has 3 fully saturated rings. The minimum Gasteiger partial charge on any atom is -0.373 e. The molecule has 1 aromatic carbocycles. The molecule has 0 unspecified atom stereocenters. The zero-order chi connectivity index (χ0) is 15.8. The minimum atomic E-state index is -0.381. The first-order chi connectivity index (χ1) is 11.2. The van der Waals surface area contributed by atoms with Gasteiger partial charge in [-0.05, 0) is 49.8 Å². The van der Waals surface area contributed by atoms with Crippen molar-refractivity contribution in [1.29, 1.82) is 0 Å². The molecule has 3 atom stereocenters. The van der Waals surface area contributed by atoms with E-state index >= 15 is 0 Å². The van der Waals surface area contributed by atoms with Gasteiger partial charge in [0.25, 0.3) is 5.91 Å². The van der Waals surface area contributed by atoms with E-state index < -0.39 is 0 Å². The molecule has 0 N–H and O–H groups in total. The predicted octanol–water partition coefficient (Wildman–Crippen LogP) is 2.62. The maximum atomic E-state index is 13.4. The molecule has 2 heterocycles. The van der Waals surface area contributed by atoms with Gasteiger partial charge in [0.15, 0.2) is 0 Å². The number of nitrogens with zero attached hydrogens (tertiary/aromatic N) is 1. The fourth-order valence-electron chi connectivity index (χ4n) is 3.62. The van der Waals surface area contributed by atoms with Gasteiger partial charge in [0, 0.05) is 18.8 Å². The number of amides is 1. The third kappa shape index (κ3) is 3.12. The van der Waals surface area contributed by atoms with Crippen LogP contribution in [0.4, 0.5) is 4.39 Å². The maximum absolute atomic E-state index is 13.4. The van der Waals surface area contributed by atoms with Crippen LogP contribution in [-0.2, 0) is 9.47 Å². The van der Waals surface area contributed by atoms with Gasteiger partial charge in [-0.1, -0.05) is 6.07 Å². The molecule has 1 amide bonds. The van der Waals surface area contributed by atoms with E-state index in [-0.39, 0.29) is 30.0 Å². The molecule has 1 aliphatic carbocycles. The summed E-state index contributed by atoms with van der Waals surface area (Å²) in [6, 6.07) is 5.95. The molecule has 2 aliphatic heterocycles. The highest BCUT2D eigenvalue weighted by Gasteiger charge is 2.47. The van der Waals surface area contributed by atoms with E-state index in [0.29, 0.717) is 18.0 Å². The molecule has 0 bridgehead atoms. The second-order valence-corrected chi connectivity index (χ2v) is 6.83. The molecule has 23 heavy (non-hydrogen) atoms. The van der Waals surface area contributed by atoms with Gasteiger partial charge in [-0.2, -0.15) is 0 Å². The lowest BCUT2D eigenvalue weighted by Gasteiger charge is -2.32. The number of halogens is 1. The van der Waals surface area contributed by atoms with Gasteiger partial charge in [-0.15, -0.1) is 0 Å². The summed E-state index contributed by atoms with van der Waals surface area (Å²) in [5.74, 6) is 0.181. The molecule has 3 aliphatic rings. The summed E-state index contributed by atoms with van der Waals surface area (Å²) in [6.45, 7) is 2.03. The van der Waals surface area contributed by atoms with Gasteiger partial charge in [0.05, 0.1) is 12.6 Å². The largest absolute Gasteiger partial charge is 0.373 e. The van der Waals surface area contributed by atoms with Gasteiger partial charge in [-0.3, -0.25) is 4.79 Å². The average molecular weight is 319 g/mol. The van der Waals surface area contributed by atoms with Crippen molar-refractivity contribution in [3.05, 3.63) is 35.6 Å². The fourth-order valence-corrected chi connectivity index (χ4v) is 3.62. The van der Waals surface area contributed by atoms with Crippen molar-refractivity contribution in [2.24, 2.45) is 5.92 Å². The lowest BCUT2D eigenvalue weighted by molar-refractivity contribution is -0.0781. The number of rotatable bonds is 4. The normalized spacial score (nSPS) is 30.3. The maximum Gasteiger partial charge on any atom is 0.254 e. The summed E-state index contributed by atoms with van der Waals surface area (Å²) in [5, 5.41) is 0. The van der Waals surface area contributed by atoms with E-state index in [1.807, 2.05) is 4.90 Å². The van der Waals surface area contributed by atoms with Gasteiger partial charge in [0.2, 0.25) is 0 Å². The summed E-state index contributed by atoms with van der Waals surface area (Å²) in [7, 11) is 0. The summed E-state index contributed by atoms with van der Waals surface area (Å²) >= 11 is 0. The molecule has 5 heteroatoms. The smallest absolute Gasteiger partial charge is 0.254 e. The first-order valence-corrected chi connectivity index (χ1v) is 8.52. The average Bonchev–Trinajstić information content (AvgIpc) is 3.33. The number of hydrogen-bond acceptors (Lipinski definition) is 3. The SMILES string of the molecule is O=C(c1cccc(F)c1)N1C[C@@H](OCC2CC2)[C@@H]2OCCC[C@@H]21. The van der Waals surface area contributed by atoms with Crippen LogP contribution in [0.2, 0.25) is 0 Å². The number of carbonyl (C=O) groups excluding carboxylic acids is 1. The standard InChI is InChI=1S/C18H22FNO3/c19-14-4-1-3-13(9-14)18(21)20-10-16(23-11-12-6-7-12)17-15(20)5-2-8-22-17/h1,3-4,9,12,15-17H,2,5-8,10-11H2/t15-,16+,17+/m0/s1. The van der Waals surface area contributed by atoms with Crippen LogP contribution in [0.3, 0.4) is 0 Å². The van der Waals surface area contributed by atoms with Crippen molar-refractivity contribution in [1.82, 2.24) is 4.90 Å². The first kappa shape index (κ1) is 15.1. The molecule has 124 valence electrons. The molecule has 0 aromatic heterocycles. The van der Waals surface area contributed by atoms with Crippen molar-refractivity contribution in [3.63, 3.8) is 0 Å². The van der Waals surface area contributed by atoms with Crippen molar-refractivity contribution in [3.8, 4) is 0 Å². The molecular weight excluding hydrogens is 297 g/mol. The van der Waals surface area contributed by atoms with E-state index in [1.165, 1.54) is 25.0 Å². The molecule has 0 spiro atoms. The van der Waals surface area contributed by atoms with Crippen LogP contribution in [0.15, 0.2) is 24.3 Å². The molecule has 0 radical (unpaired) electrons. The van der Waals surface area contributed by atoms with E-state index in [0.717, 1.165) is 26.1 Å². The van der Waals surface area contributed by atoms with Crippen molar-refractivity contribution < 1.29 is 18.7 Å². The quantitative estimate of drug-likeness (QED) is 0.856. The van der Waals surface area contributed by atoms with E-state index in [4.69, 9.17) is 9.47 Å². The third-order valence-electron chi connectivity index (χ3n) is 5.05. The van der Waals surface area contributed by atoms with Crippen LogP contribution in [0.25, 0.3) is 0 Å². The molecule has 2 saturated heterocycles. The zero-order valence-electron chi connectivity index (χ0n) is 13.1. The second-order valence-electron chi connectivity index (χ2n) is 6.83. The van der Waals surface area contributed by atoms with Crippen LogP contribution in [0.5, 0.6) is 0 Å². The van der Waals surface area contributed by atoms with Crippen LogP contribution >= 0.6 is 0 Å². The Morgan fingerprint density at radius 1 is 1.35 bits per heavy atom. The fraction of sp³-hybridized carbons (Fsp3) is 0.611. The highest BCUT2D eigenvalue weighted by molar-refractivity contribution is 5.94. The van der Waals surface area contributed by atoms with Gasteiger partial charge < -0.3 is 14.4 Å². The number of benzene rings is 1. The Hall–Kier alpha value is -1.46. The lowest BCUT2D eigenvalue weighted by Crippen LogP contribution is -2.44. The highest BCUT2D eigenvalue weighted by Crippen LogP contribution is 2.34. The minimum absolute atomic E-state index is 0.0417. The van der Waals surface area contributed by atoms with Gasteiger partial charge in [0.1, 0.15) is 18.0 Å². The first-order valence-electron chi connectivity index (χ1n) is 8.52. The Morgan fingerprint density at radius 3 is 3.00 bits per heavy atom. The Bertz CT molecular complexity index is 589. The van der Waals surface area contributed by atoms with E-state index in [2.05, 4.69) is 0 Å². The topological polar surface area (TPSA) is 38.8 Å². The third-order valence-corrected chi connectivity index (χ3v) is 5.05. The van der Waals surface area contributed by atoms with Crippen LogP contribution in [0, 0.1) is 11.7 Å². The Kier molecular flexibility index (Phi) is 4.07. The van der Waals surface area contributed by atoms with Gasteiger partial charge >= 0.3 is 0 Å². The van der Waals surface area contributed by atoms with Crippen LogP contribution in [-0.4, -0.2) is 48.8 Å². The summed E-state index contributed by atoms with van der Waals surface area (Å²) in [5.41, 5.74) is 0.400. The second kappa shape index (κ2) is 6.21. The van der Waals surface area contributed by atoms with Crippen LogP contribution < -0.4 is 0 Å². The number of ether oxygens (including phenoxy) is 2. The van der Waals surface area contributed by atoms with Gasteiger partial charge in [-0.25, -0.2) is 4.39 Å². The number of fused-ring (bicyclic) bond motifs is 1. The van der Waals surface area contributed by atoms with Crippen molar-refractivity contribution >= 4 is 5.91 Å². The zero-order valence-corrected chi connectivity index (χ0v) is 13.1. The lowest BCUT2D eigenvalue weighted by atomic mass is 10.0. The number of hydrogen-bond donors (Lipinski definition) is 0. The summed E-state index contributed by atoms with van der Waals surface area (Å²) < 4.78 is 25.4. The number of carbonyl (C=O) groups is 1. The molecule has 4 nitrogen and oxygen atoms in total.